The van der Waals surface area contributed by atoms with Gasteiger partial charge in [0, 0.05) is 24.1 Å². The molecule has 0 spiro atoms. The van der Waals surface area contributed by atoms with Crippen LogP contribution in [0.1, 0.15) is 42.4 Å². The highest BCUT2D eigenvalue weighted by atomic mass is 35.5. The van der Waals surface area contributed by atoms with E-state index in [0.29, 0.717) is 19.4 Å². The van der Waals surface area contributed by atoms with Crippen molar-refractivity contribution >= 4 is 17.6 Å². The van der Waals surface area contributed by atoms with Gasteiger partial charge in [-0.2, -0.15) is 0 Å². The van der Waals surface area contributed by atoms with Crippen LogP contribution in [-0.4, -0.2) is 20.6 Å². The summed E-state index contributed by atoms with van der Waals surface area (Å²) in [5, 5.41) is 10.5. The number of nitrogens with zero attached hydrogens (tertiary/aromatic N) is 2. The molecule has 5 heteroatoms. The van der Waals surface area contributed by atoms with Gasteiger partial charge in [-0.25, -0.2) is 4.98 Å². The lowest BCUT2D eigenvalue weighted by atomic mass is 9.95. The molecule has 0 bridgehead atoms. The molecule has 4 nitrogen and oxygen atoms in total. The van der Waals surface area contributed by atoms with Gasteiger partial charge in [0.05, 0.1) is 18.2 Å². The third-order valence-corrected chi connectivity index (χ3v) is 5.46. The van der Waals surface area contributed by atoms with Crippen molar-refractivity contribution in [1.82, 2.24) is 9.55 Å². The number of rotatable bonds is 10. The number of carboxylic acid groups (broad SMARTS) is 1. The molecule has 0 amide bonds. The fourth-order valence-corrected chi connectivity index (χ4v) is 3.69. The van der Waals surface area contributed by atoms with Gasteiger partial charge in [0.15, 0.2) is 0 Å². The molecule has 0 saturated heterocycles. The van der Waals surface area contributed by atoms with Crippen LogP contribution in [0.4, 0.5) is 0 Å². The molecule has 3 rings (SSSR count). The highest BCUT2D eigenvalue weighted by Crippen LogP contribution is 2.20. The van der Waals surface area contributed by atoms with Gasteiger partial charge in [-0.15, -0.1) is 0 Å². The Morgan fingerprint density at radius 1 is 1.10 bits per heavy atom. The molecule has 152 valence electrons. The number of aliphatic carboxylic acids is 1. The Morgan fingerprint density at radius 2 is 1.83 bits per heavy atom. The molecular formula is C24H27ClN2O2. The number of aryl methyl sites for hydroxylation is 1. The van der Waals surface area contributed by atoms with Crippen LogP contribution < -0.4 is 0 Å². The Bertz CT molecular complexity index is 937. The van der Waals surface area contributed by atoms with Gasteiger partial charge in [0.1, 0.15) is 5.82 Å². The number of halogens is 1. The summed E-state index contributed by atoms with van der Waals surface area (Å²) in [5.74, 6) is -0.296. The van der Waals surface area contributed by atoms with Crippen LogP contribution in [0.15, 0.2) is 60.8 Å². The number of carboxylic acids is 1. The van der Waals surface area contributed by atoms with E-state index in [9.17, 15) is 9.90 Å². The van der Waals surface area contributed by atoms with Crippen LogP contribution in [0.2, 0.25) is 5.02 Å². The van der Waals surface area contributed by atoms with Crippen molar-refractivity contribution in [1.29, 1.82) is 0 Å². The molecule has 0 saturated carbocycles. The number of unbranched alkanes of at least 4 members (excludes halogenated alkanes) is 1. The molecule has 0 aliphatic carbocycles. The lowest BCUT2D eigenvalue weighted by molar-refractivity contribution is -0.141. The van der Waals surface area contributed by atoms with Crippen molar-refractivity contribution in [3.8, 4) is 0 Å². The lowest BCUT2D eigenvalue weighted by Crippen LogP contribution is -2.19. The van der Waals surface area contributed by atoms with E-state index < -0.39 is 11.9 Å². The SMILES string of the molecule is CCCCc1nc(CC(Cc2ccccc2)C(=O)O)cn1Cc1ccccc1Cl. The zero-order valence-electron chi connectivity index (χ0n) is 16.7. The molecule has 1 heterocycles. The first-order valence-electron chi connectivity index (χ1n) is 10.1. The molecular weight excluding hydrogens is 384 g/mol. The van der Waals surface area contributed by atoms with Crippen molar-refractivity contribution in [2.24, 2.45) is 5.92 Å². The standard InChI is InChI=1S/C24H27ClN2O2/c1-2-3-13-23-26-21(17-27(23)16-19-11-7-8-12-22(19)25)15-20(24(28)29)14-18-9-5-4-6-10-18/h4-12,17,20H,2-3,13-16H2,1H3,(H,28,29). The molecule has 1 atom stereocenters. The van der Waals surface area contributed by atoms with E-state index in [0.717, 1.165) is 46.9 Å². The van der Waals surface area contributed by atoms with E-state index in [1.165, 1.54) is 0 Å². The molecule has 2 aromatic carbocycles. The summed E-state index contributed by atoms with van der Waals surface area (Å²) in [6.07, 6.45) is 5.91. The maximum atomic E-state index is 11.9. The number of imidazole rings is 1. The minimum Gasteiger partial charge on any atom is -0.481 e. The average Bonchev–Trinajstić information content (AvgIpc) is 3.09. The van der Waals surface area contributed by atoms with Crippen molar-refractivity contribution < 1.29 is 9.90 Å². The Kier molecular flexibility index (Phi) is 7.48. The predicted molar refractivity (Wildman–Crippen MR) is 116 cm³/mol. The molecule has 3 aromatic rings. The van der Waals surface area contributed by atoms with E-state index in [1.807, 2.05) is 60.8 Å². The van der Waals surface area contributed by atoms with Crippen molar-refractivity contribution in [3.05, 3.63) is 88.5 Å². The van der Waals surface area contributed by atoms with Gasteiger partial charge in [-0.3, -0.25) is 4.79 Å². The minimum atomic E-state index is -0.787. The number of hydrogen-bond donors (Lipinski definition) is 1. The van der Waals surface area contributed by atoms with Crippen LogP contribution in [0.25, 0.3) is 0 Å². The first-order chi connectivity index (χ1) is 14.1. The molecule has 0 radical (unpaired) electrons. The van der Waals surface area contributed by atoms with E-state index in [2.05, 4.69) is 11.5 Å². The fraction of sp³-hybridized carbons (Fsp3) is 0.333. The van der Waals surface area contributed by atoms with E-state index in [4.69, 9.17) is 16.6 Å². The van der Waals surface area contributed by atoms with Crippen LogP contribution in [0.5, 0.6) is 0 Å². The molecule has 0 aliphatic heterocycles. The maximum absolute atomic E-state index is 11.9. The Morgan fingerprint density at radius 3 is 2.52 bits per heavy atom. The smallest absolute Gasteiger partial charge is 0.307 e. The van der Waals surface area contributed by atoms with Crippen molar-refractivity contribution in [2.45, 2.75) is 45.6 Å². The molecule has 1 aromatic heterocycles. The summed E-state index contributed by atoms with van der Waals surface area (Å²) in [4.78, 5) is 16.6. The molecule has 0 fully saturated rings. The predicted octanol–water partition coefficient (Wildman–Crippen LogP) is 5.41. The summed E-state index contributed by atoms with van der Waals surface area (Å²) in [7, 11) is 0. The second-order valence-electron chi connectivity index (χ2n) is 7.40. The van der Waals surface area contributed by atoms with Gasteiger partial charge in [-0.1, -0.05) is 73.5 Å². The third kappa shape index (κ3) is 5.94. The van der Waals surface area contributed by atoms with Crippen LogP contribution in [0.3, 0.4) is 0 Å². The number of benzene rings is 2. The zero-order valence-corrected chi connectivity index (χ0v) is 17.5. The second kappa shape index (κ2) is 10.3. The molecule has 0 aliphatic rings. The summed E-state index contributed by atoms with van der Waals surface area (Å²) in [6, 6.07) is 17.6. The summed E-state index contributed by atoms with van der Waals surface area (Å²) < 4.78 is 2.12. The van der Waals surface area contributed by atoms with E-state index in [1.54, 1.807) is 0 Å². The maximum Gasteiger partial charge on any atom is 0.307 e. The van der Waals surface area contributed by atoms with E-state index in [-0.39, 0.29) is 0 Å². The minimum absolute atomic E-state index is 0.416. The highest BCUT2D eigenvalue weighted by Gasteiger charge is 2.21. The van der Waals surface area contributed by atoms with E-state index >= 15 is 0 Å². The summed E-state index contributed by atoms with van der Waals surface area (Å²) >= 11 is 6.34. The highest BCUT2D eigenvalue weighted by molar-refractivity contribution is 6.31. The normalized spacial score (nSPS) is 12.1. The van der Waals surface area contributed by atoms with Gasteiger partial charge < -0.3 is 9.67 Å². The summed E-state index contributed by atoms with van der Waals surface area (Å²) in [6.45, 7) is 2.80. The van der Waals surface area contributed by atoms with Crippen LogP contribution >= 0.6 is 11.6 Å². The van der Waals surface area contributed by atoms with Crippen LogP contribution in [0, 0.1) is 5.92 Å². The lowest BCUT2D eigenvalue weighted by Gasteiger charge is -2.11. The van der Waals surface area contributed by atoms with Gasteiger partial charge in [0.2, 0.25) is 0 Å². The van der Waals surface area contributed by atoms with Gasteiger partial charge >= 0.3 is 5.97 Å². The Labute approximate surface area is 177 Å². The Hall–Kier alpha value is -2.59. The first kappa shape index (κ1) is 21.1. The van der Waals surface area contributed by atoms with Crippen LogP contribution in [-0.2, 0) is 30.6 Å². The molecule has 1 unspecified atom stereocenters. The number of aromatic nitrogens is 2. The monoisotopic (exact) mass is 410 g/mol. The molecule has 1 N–H and O–H groups in total. The average molecular weight is 411 g/mol. The van der Waals surface area contributed by atoms with Gasteiger partial charge in [0.25, 0.3) is 0 Å². The van der Waals surface area contributed by atoms with Gasteiger partial charge in [-0.05, 0) is 30.0 Å². The first-order valence-corrected chi connectivity index (χ1v) is 10.5. The van der Waals surface area contributed by atoms with Crippen molar-refractivity contribution in [2.75, 3.05) is 0 Å². The zero-order chi connectivity index (χ0) is 20.6. The fourth-order valence-electron chi connectivity index (χ4n) is 3.49. The van der Waals surface area contributed by atoms with Crippen molar-refractivity contribution in [3.63, 3.8) is 0 Å². The topological polar surface area (TPSA) is 55.1 Å². The third-order valence-electron chi connectivity index (χ3n) is 5.09. The largest absolute Gasteiger partial charge is 0.481 e. The summed E-state index contributed by atoms with van der Waals surface area (Å²) in [5.41, 5.74) is 2.89. The quantitative estimate of drug-likeness (QED) is 0.486. The number of hydrogen-bond acceptors (Lipinski definition) is 2. The number of carbonyl (C=O) groups is 1. The molecule has 29 heavy (non-hydrogen) atoms. The second-order valence-corrected chi connectivity index (χ2v) is 7.81. The Balaban J connectivity index is 1.81.